The third-order valence-corrected chi connectivity index (χ3v) is 2.98. The van der Waals surface area contributed by atoms with Gasteiger partial charge in [-0.1, -0.05) is 5.16 Å². The summed E-state index contributed by atoms with van der Waals surface area (Å²) in [6.07, 6.45) is 0.355. The predicted octanol–water partition coefficient (Wildman–Crippen LogP) is 2.03. The second-order valence-corrected chi connectivity index (χ2v) is 4.05. The molecule has 0 spiro atoms. The maximum absolute atomic E-state index is 11.6. The topological polar surface area (TPSA) is 58.9 Å². The van der Waals surface area contributed by atoms with Crippen molar-refractivity contribution in [2.45, 2.75) is 6.42 Å². The normalized spacial score (nSPS) is 16.9. The molecule has 1 aliphatic carbocycles. The van der Waals surface area contributed by atoms with E-state index in [2.05, 4.69) is 21.1 Å². The highest BCUT2D eigenvalue weighted by Gasteiger charge is 2.28. The maximum atomic E-state index is 11.6. The van der Waals surface area contributed by atoms with Gasteiger partial charge in [-0.2, -0.15) is 0 Å². The molecule has 0 atom stereocenters. The molecule has 0 heterocycles. The van der Waals surface area contributed by atoms with Crippen LogP contribution in [-0.2, 0) is 6.42 Å². The molecule has 0 aliphatic heterocycles. The van der Waals surface area contributed by atoms with Gasteiger partial charge < -0.3 is 9.94 Å². The number of nitrogens with zero attached hydrogens (tertiary/aromatic N) is 1. The van der Waals surface area contributed by atoms with Gasteiger partial charge in [-0.05, 0) is 33.6 Å². The van der Waals surface area contributed by atoms with Gasteiger partial charge in [0.05, 0.1) is 11.6 Å². The molecule has 0 bridgehead atoms. The molecular formula is C10H8BrNO3. The molecule has 0 saturated carbocycles. The molecule has 1 N–H and O–H groups in total. The molecule has 0 saturated heterocycles. The van der Waals surface area contributed by atoms with Crippen LogP contribution in [0.4, 0.5) is 0 Å². The molecule has 0 aromatic heterocycles. The van der Waals surface area contributed by atoms with Gasteiger partial charge in [0.1, 0.15) is 11.5 Å². The van der Waals surface area contributed by atoms with Crippen molar-refractivity contribution in [2.24, 2.45) is 5.16 Å². The quantitative estimate of drug-likeness (QED) is 0.627. The SMILES string of the molecule is COc1cc2c(cc1Br)C(=O)C(=NO)C2. The number of ether oxygens (including phenoxy) is 1. The minimum absolute atomic E-state index is 0.171. The van der Waals surface area contributed by atoms with E-state index in [0.29, 0.717) is 17.7 Å². The summed E-state index contributed by atoms with van der Waals surface area (Å²) in [6.45, 7) is 0. The Morgan fingerprint density at radius 1 is 1.53 bits per heavy atom. The van der Waals surface area contributed by atoms with Gasteiger partial charge >= 0.3 is 0 Å². The summed E-state index contributed by atoms with van der Waals surface area (Å²) < 4.78 is 5.83. The highest BCUT2D eigenvalue weighted by Crippen LogP contribution is 2.32. The first-order valence-electron chi connectivity index (χ1n) is 4.29. The molecule has 0 amide bonds. The number of fused-ring (bicyclic) bond motifs is 1. The van der Waals surface area contributed by atoms with Crippen molar-refractivity contribution < 1.29 is 14.7 Å². The summed E-state index contributed by atoms with van der Waals surface area (Å²) in [5.41, 5.74) is 1.56. The fourth-order valence-corrected chi connectivity index (χ4v) is 2.11. The van der Waals surface area contributed by atoms with E-state index in [1.165, 1.54) is 0 Å². The molecule has 2 rings (SSSR count). The van der Waals surface area contributed by atoms with E-state index in [0.717, 1.165) is 10.0 Å². The van der Waals surface area contributed by atoms with Crippen LogP contribution in [0.1, 0.15) is 15.9 Å². The Hall–Kier alpha value is -1.36. The van der Waals surface area contributed by atoms with Crippen LogP contribution < -0.4 is 4.74 Å². The van der Waals surface area contributed by atoms with E-state index < -0.39 is 0 Å². The van der Waals surface area contributed by atoms with Gasteiger partial charge in [-0.25, -0.2) is 0 Å². The maximum Gasteiger partial charge on any atom is 0.211 e. The fourth-order valence-electron chi connectivity index (χ4n) is 1.61. The third-order valence-electron chi connectivity index (χ3n) is 2.36. The number of ketones is 1. The molecular weight excluding hydrogens is 262 g/mol. The van der Waals surface area contributed by atoms with Crippen LogP contribution in [0.5, 0.6) is 5.75 Å². The lowest BCUT2D eigenvalue weighted by Crippen LogP contribution is -2.06. The zero-order chi connectivity index (χ0) is 11.0. The van der Waals surface area contributed by atoms with E-state index in [1.54, 1.807) is 19.2 Å². The fraction of sp³-hybridized carbons (Fsp3) is 0.200. The van der Waals surface area contributed by atoms with Crippen molar-refractivity contribution in [3.05, 3.63) is 27.7 Å². The molecule has 0 unspecified atom stereocenters. The number of rotatable bonds is 1. The lowest BCUT2D eigenvalue weighted by molar-refractivity contribution is 0.106. The molecule has 1 aromatic rings. The molecule has 15 heavy (non-hydrogen) atoms. The number of hydrogen-bond acceptors (Lipinski definition) is 4. The number of carbonyl (C=O) groups is 1. The van der Waals surface area contributed by atoms with Crippen molar-refractivity contribution in [3.63, 3.8) is 0 Å². The van der Waals surface area contributed by atoms with Crippen LogP contribution >= 0.6 is 15.9 Å². The monoisotopic (exact) mass is 269 g/mol. The molecule has 1 aromatic carbocycles. The van der Waals surface area contributed by atoms with E-state index in [9.17, 15) is 4.79 Å². The minimum atomic E-state index is -0.226. The van der Waals surface area contributed by atoms with Crippen molar-refractivity contribution in [3.8, 4) is 5.75 Å². The first-order valence-corrected chi connectivity index (χ1v) is 5.08. The average molecular weight is 270 g/mol. The van der Waals surface area contributed by atoms with Crippen LogP contribution in [-0.4, -0.2) is 23.8 Å². The molecule has 0 fully saturated rings. The second kappa shape index (κ2) is 3.66. The number of halogens is 1. The van der Waals surface area contributed by atoms with Crippen LogP contribution in [0.15, 0.2) is 21.8 Å². The van der Waals surface area contributed by atoms with Crippen LogP contribution in [0.25, 0.3) is 0 Å². The molecule has 78 valence electrons. The van der Waals surface area contributed by atoms with Gasteiger partial charge in [0.2, 0.25) is 5.78 Å². The van der Waals surface area contributed by atoms with Gasteiger partial charge in [0.15, 0.2) is 0 Å². The number of methoxy groups -OCH3 is 1. The number of carbonyl (C=O) groups excluding carboxylic acids is 1. The van der Waals surface area contributed by atoms with Crippen LogP contribution in [0.3, 0.4) is 0 Å². The number of benzene rings is 1. The summed E-state index contributed by atoms with van der Waals surface area (Å²) >= 11 is 3.30. The standard InChI is InChI=1S/C10H8BrNO3/c1-15-9-3-5-2-8(12-14)10(13)6(5)4-7(9)11/h3-4,14H,2H2,1H3. The minimum Gasteiger partial charge on any atom is -0.496 e. The first kappa shape index (κ1) is 10.2. The zero-order valence-electron chi connectivity index (χ0n) is 7.95. The average Bonchev–Trinajstić information content (AvgIpc) is 2.54. The molecule has 4 nitrogen and oxygen atoms in total. The Balaban J connectivity index is 2.56. The van der Waals surface area contributed by atoms with Crippen molar-refractivity contribution in [1.29, 1.82) is 0 Å². The number of oxime groups is 1. The zero-order valence-corrected chi connectivity index (χ0v) is 9.54. The van der Waals surface area contributed by atoms with Gasteiger partial charge in [0.25, 0.3) is 0 Å². The van der Waals surface area contributed by atoms with Crippen LogP contribution in [0, 0.1) is 0 Å². The van der Waals surface area contributed by atoms with Crippen LogP contribution in [0.2, 0.25) is 0 Å². The molecule has 1 aliphatic rings. The summed E-state index contributed by atoms with van der Waals surface area (Å²) in [5.74, 6) is 0.441. The van der Waals surface area contributed by atoms with E-state index in [-0.39, 0.29) is 11.5 Å². The summed E-state index contributed by atoms with van der Waals surface area (Å²) in [7, 11) is 1.56. The summed E-state index contributed by atoms with van der Waals surface area (Å²) in [6, 6.07) is 3.46. The number of hydrogen-bond donors (Lipinski definition) is 1. The van der Waals surface area contributed by atoms with Crippen molar-refractivity contribution in [1.82, 2.24) is 0 Å². The number of Topliss-reactive ketones (excluding diaryl/α,β-unsaturated/α-hetero) is 1. The molecule has 0 radical (unpaired) electrons. The Kier molecular flexibility index (Phi) is 2.48. The van der Waals surface area contributed by atoms with Crippen molar-refractivity contribution >= 4 is 27.4 Å². The van der Waals surface area contributed by atoms with E-state index in [1.807, 2.05) is 0 Å². The van der Waals surface area contributed by atoms with Gasteiger partial charge in [-0.15, -0.1) is 0 Å². The highest BCUT2D eigenvalue weighted by molar-refractivity contribution is 9.10. The van der Waals surface area contributed by atoms with Crippen molar-refractivity contribution in [2.75, 3.05) is 7.11 Å². The second-order valence-electron chi connectivity index (χ2n) is 3.20. The Bertz CT molecular complexity index is 468. The van der Waals surface area contributed by atoms with E-state index >= 15 is 0 Å². The Morgan fingerprint density at radius 3 is 2.87 bits per heavy atom. The smallest absolute Gasteiger partial charge is 0.211 e. The lowest BCUT2D eigenvalue weighted by atomic mass is 10.1. The lowest BCUT2D eigenvalue weighted by Gasteiger charge is -2.05. The summed E-state index contributed by atoms with van der Waals surface area (Å²) in [4.78, 5) is 11.6. The predicted molar refractivity (Wildman–Crippen MR) is 58.0 cm³/mol. The molecule has 5 heteroatoms. The van der Waals surface area contributed by atoms with E-state index in [4.69, 9.17) is 9.94 Å². The Morgan fingerprint density at radius 2 is 2.27 bits per heavy atom. The van der Waals surface area contributed by atoms with Gasteiger partial charge in [-0.3, -0.25) is 4.79 Å². The largest absolute Gasteiger partial charge is 0.496 e. The highest BCUT2D eigenvalue weighted by atomic mass is 79.9. The van der Waals surface area contributed by atoms with Gasteiger partial charge in [0, 0.05) is 12.0 Å². The first-order chi connectivity index (χ1) is 7.17. The Labute approximate surface area is 94.7 Å². The summed E-state index contributed by atoms with van der Waals surface area (Å²) in [5, 5.41) is 11.6. The third kappa shape index (κ3) is 1.52.